The Balaban J connectivity index is 1.43. The molecular weight excluding hydrogens is 302 g/mol. The predicted molar refractivity (Wildman–Crippen MR) is 91.6 cm³/mol. The van der Waals surface area contributed by atoms with Crippen LogP contribution in [0.2, 0.25) is 0 Å². The number of anilines is 1. The van der Waals surface area contributed by atoms with Crippen molar-refractivity contribution in [3.63, 3.8) is 0 Å². The van der Waals surface area contributed by atoms with Gasteiger partial charge in [-0.25, -0.2) is 4.79 Å². The summed E-state index contributed by atoms with van der Waals surface area (Å²) in [5.74, 6) is 2.26. The largest absolute Gasteiger partial charge is 0.465 e. The summed E-state index contributed by atoms with van der Waals surface area (Å²) in [6.45, 7) is 0. The van der Waals surface area contributed by atoms with Gasteiger partial charge in [-0.1, -0.05) is 6.07 Å². The van der Waals surface area contributed by atoms with E-state index in [4.69, 9.17) is 4.74 Å². The second kappa shape index (κ2) is 5.91. The minimum Gasteiger partial charge on any atom is -0.465 e. The maximum atomic E-state index is 12.6. The van der Waals surface area contributed by atoms with Crippen molar-refractivity contribution < 1.29 is 14.3 Å². The van der Waals surface area contributed by atoms with Gasteiger partial charge in [-0.15, -0.1) is 0 Å². The van der Waals surface area contributed by atoms with Crippen LogP contribution in [0, 0.1) is 23.2 Å². The number of carbonyl (C=O) groups excluding carboxylic acids is 2. The van der Waals surface area contributed by atoms with Gasteiger partial charge in [0.2, 0.25) is 5.91 Å². The average Bonchev–Trinajstić information content (AvgIpc) is 2.52. The molecule has 4 bridgehead atoms. The highest BCUT2D eigenvalue weighted by molar-refractivity contribution is 5.94. The fourth-order valence-electron chi connectivity index (χ4n) is 5.89. The third-order valence-electron chi connectivity index (χ3n) is 6.27. The molecule has 128 valence electrons. The molecule has 0 saturated heterocycles. The molecule has 0 atom stereocenters. The highest BCUT2D eigenvalue weighted by Crippen LogP contribution is 2.61. The lowest BCUT2D eigenvalue weighted by Crippen LogP contribution is -2.47. The van der Waals surface area contributed by atoms with E-state index in [1.165, 1.54) is 45.6 Å². The lowest BCUT2D eigenvalue weighted by Gasteiger charge is -2.56. The third-order valence-corrected chi connectivity index (χ3v) is 6.27. The number of rotatable bonds is 4. The molecule has 0 heterocycles. The number of hydrogen-bond donors (Lipinski definition) is 1. The summed E-state index contributed by atoms with van der Waals surface area (Å²) in [4.78, 5) is 24.2. The maximum absolute atomic E-state index is 12.6. The zero-order chi connectivity index (χ0) is 16.7. The molecule has 0 spiro atoms. The van der Waals surface area contributed by atoms with Gasteiger partial charge in [-0.05, 0) is 79.9 Å². The molecule has 1 amide bonds. The number of carbonyl (C=O) groups is 2. The fourth-order valence-corrected chi connectivity index (χ4v) is 5.89. The normalized spacial score (nSPS) is 33.3. The Morgan fingerprint density at radius 3 is 2.33 bits per heavy atom. The van der Waals surface area contributed by atoms with E-state index in [9.17, 15) is 9.59 Å². The average molecular weight is 327 g/mol. The molecule has 4 heteroatoms. The molecule has 0 unspecified atom stereocenters. The molecule has 4 aliphatic carbocycles. The maximum Gasteiger partial charge on any atom is 0.337 e. The highest BCUT2D eigenvalue weighted by atomic mass is 16.5. The van der Waals surface area contributed by atoms with E-state index < -0.39 is 0 Å². The summed E-state index contributed by atoms with van der Waals surface area (Å²) in [6.07, 6.45) is 8.49. The second-order valence-corrected chi connectivity index (χ2v) is 8.21. The summed E-state index contributed by atoms with van der Waals surface area (Å²) < 4.78 is 4.74. The first-order chi connectivity index (χ1) is 11.5. The number of esters is 1. The van der Waals surface area contributed by atoms with E-state index in [0.717, 1.165) is 17.8 Å². The number of hydrogen-bond acceptors (Lipinski definition) is 3. The first-order valence-corrected chi connectivity index (χ1v) is 9.03. The van der Waals surface area contributed by atoms with Gasteiger partial charge in [0.15, 0.2) is 0 Å². The van der Waals surface area contributed by atoms with Crippen molar-refractivity contribution in [2.45, 2.75) is 44.9 Å². The zero-order valence-electron chi connectivity index (χ0n) is 14.2. The minimum absolute atomic E-state index is 0.0824. The van der Waals surface area contributed by atoms with Gasteiger partial charge in [-0.3, -0.25) is 4.79 Å². The predicted octanol–water partition coefficient (Wildman–Crippen LogP) is 4.02. The monoisotopic (exact) mass is 327 g/mol. The van der Waals surface area contributed by atoms with Crippen LogP contribution >= 0.6 is 0 Å². The quantitative estimate of drug-likeness (QED) is 0.850. The summed E-state index contributed by atoms with van der Waals surface area (Å²) in [6, 6.07) is 6.97. The van der Waals surface area contributed by atoms with Crippen LogP contribution in [-0.4, -0.2) is 19.0 Å². The standard InChI is InChI=1S/C20H25NO3/c1-24-19(23)16-3-2-4-17(8-16)21-18(22)12-20-9-13-5-14(10-20)7-15(6-13)11-20/h2-4,8,13-15H,5-7,9-12H2,1H3,(H,21,22). The molecule has 24 heavy (non-hydrogen) atoms. The number of amides is 1. The molecule has 0 radical (unpaired) electrons. The van der Waals surface area contributed by atoms with Crippen molar-refractivity contribution in [3.05, 3.63) is 29.8 Å². The molecule has 0 aromatic heterocycles. The number of methoxy groups -OCH3 is 1. The Labute approximate surface area is 143 Å². The van der Waals surface area contributed by atoms with Crippen LogP contribution in [0.4, 0.5) is 5.69 Å². The van der Waals surface area contributed by atoms with Crippen LogP contribution in [0.15, 0.2) is 24.3 Å². The minimum atomic E-state index is -0.382. The summed E-state index contributed by atoms with van der Waals surface area (Å²) in [7, 11) is 1.36. The van der Waals surface area contributed by atoms with Gasteiger partial charge < -0.3 is 10.1 Å². The van der Waals surface area contributed by atoms with Crippen molar-refractivity contribution in [1.29, 1.82) is 0 Å². The molecular formula is C20H25NO3. The van der Waals surface area contributed by atoms with Gasteiger partial charge in [0, 0.05) is 12.1 Å². The van der Waals surface area contributed by atoms with Crippen LogP contribution in [0.1, 0.15) is 55.3 Å². The van der Waals surface area contributed by atoms with Crippen LogP contribution < -0.4 is 5.32 Å². The van der Waals surface area contributed by atoms with E-state index in [-0.39, 0.29) is 17.3 Å². The first kappa shape index (κ1) is 15.7. The molecule has 4 nitrogen and oxygen atoms in total. The number of ether oxygens (including phenoxy) is 1. The van der Waals surface area contributed by atoms with Gasteiger partial charge in [0.25, 0.3) is 0 Å². The molecule has 1 aromatic carbocycles. The summed E-state index contributed by atoms with van der Waals surface area (Å²) in [5, 5.41) is 2.99. The Bertz CT molecular complexity index is 631. The smallest absolute Gasteiger partial charge is 0.337 e. The second-order valence-electron chi connectivity index (χ2n) is 8.21. The first-order valence-electron chi connectivity index (χ1n) is 9.03. The van der Waals surface area contributed by atoms with Gasteiger partial charge >= 0.3 is 5.97 Å². The molecule has 4 saturated carbocycles. The Morgan fingerprint density at radius 2 is 1.75 bits per heavy atom. The molecule has 0 aliphatic heterocycles. The molecule has 5 rings (SSSR count). The Kier molecular flexibility index (Phi) is 3.86. The van der Waals surface area contributed by atoms with Gasteiger partial charge in [0.1, 0.15) is 0 Å². The van der Waals surface area contributed by atoms with E-state index in [1.54, 1.807) is 18.2 Å². The van der Waals surface area contributed by atoms with Crippen molar-refractivity contribution in [1.82, 2.24) is 0 Å². The SMILES string of the molecule is COC(=O)c1cccc(NC(=O)CC23CC4CC(CC(C4)C2)C3)c1. The van der Waals surface area contributed by atoms with Gasteiger partial charge in [-0.2, -0.15) is 0 Å². The molecule has 1 aromatic rings. The highest BCUT2D eigenvalue weighted by Gasteiger charge is 2.51. The van der Waals surface area contributed by atoms with Crippen molar-refractivity contribution in [2.75, 3.05) is 12.4 Å². The lowest BCUT2D eigenvalue weighted by molar-refractivity contribution is -0.124. The van der Waals surface area contributed by atoms with Crippen LogP contribution in [0.25, 0.3) is 0 Å². The Hall–Kier alpha value is -1.84. The van der Waals surface area contributed by atoms with E-state index in [1.807, 2.05) is 6.07 Å². The van der Waals surface area contributed by atoms with Crippen LogP contribution in [0.5, 0.6) is 0 Å². The topological polar surface area (TPSA) is 55.4 Å². The van der Waals surface area contributed by atoms with E-state index in [0.29, 0.717) is 17.7 Å². The van der Waals surface area contributed by atoms with E-state index in [2.05, 4.69) is 5.32 Å². The van der Waals surface area contributed by atoms with Crippen LogP contribution in [0.3, 0.4) is 0 Å². The summed E-state index contributed by atoms with van der Waals surface area (Å²) in [5.41, 5.74) is 1.37. The summed E-state index contributed by atoms with van der Waals surface area (Å²) >= 11 is 0. The van der Waals surface area contributed by atoms with Crippen LogP contribution in [-0.2, 0) is 9.53 Å². The van der Waals surface area contributed by atoms with Crippen molar-refractivity contribution >= 4 is 17.6 Å². The third kappa shape index (κ3) is 2.94. The lowest BCUT2D eigenvalue weighted by atomic mass is 9.49. The molecule has 4 aliphatic rings. The van der Waals surface area contributed by atoms with Gasteiger partial charge in [0.05, 0.1) is 12.7 Å². The molecule has 4 fully saturated rings. The van der Waals surface area contributed by atoms with Crippen molar-refractivity contribution in [3.8, 4) is 0 Å². The Morgan fingerprint density at radius 1 is 1.12 bits per heavy atom. The molecule has 1 N–H and O–H groups in total. The van der Waals surface area contributed by atoms with E-state index >= 15 is 0 Å². The number of nitrogens with one attached hydrogen (secondary N) is 1. The fraction of sp³-hybridized carbons (Fsp3) is 0.600. The zero-order valence-corrected chi connectivity index (χ0v) is 14.2. The number of benzene rings is 1. The van der Waals surface area contributed by atoms with Crippen molar-refractivity contribution in [2.24, 2.45) is 23.2 Å².